The van der Waals surface area contributed by atoms with Gasteiger partial charge >= 0.3 is 5.97 Å². The molecule has 0 bridgehead atoms. The molecule has 0 aliphatic carbocycles. The fourth-order valence-electron chi connectivity index (χ4n) is 2.56. The molecule has 1 saturated heterocycles. The van der Waals surface area contributed by atoms with Crippen molar-refractivity contribution in [3.8, 4) is 0 Å². The Bertz CT molecular complexity index is 436. The highest BCUT2D eigenvalue weighted by Crippen LogP contribution is 2.11. The van der Waals surface area contributed by atoms with Crippen LogP contribution in [0.2, 0.25) is 0 Å². The molecule has 4 heteroatoms. The van der Waals surface area contributed by atoms with Gasteiger partial charge in [-0.1, -0.05) is 30.3 Å². The highest BCUT2D eigenvalue weighted by Gasteiger charge is 2.29. The SMILES string of the molecule is COC(=O)C1CC[NH+](CC(=O)c2ccccc2)CC1. The average molecular weight is 262 g/mol. The van der Waals surface area contributed by atoms with Crippen molar-refractivity contribution < 1.29 is 19.2 Å². The van der Waals surface area contributed by atoms with Crippen LogP contribution in [0.25, 0.3) is 0 Å². The van der Waals surface area contributed by atoms with E-state index in [9.17, 15) is 9.59 Å². The van der Waals surface area contributed by atoms with Gasteiger partial charge in [0, 0.05) is 18.4 Å². The second kappa shape index (κ2) is 6.48. The number of carbonyl (C=O) groups excluding carboxylic acids is 2. The van der Waals surface area contributed by atoms with Crippen molar-refractivity contribution in [1.82, 2.24) is 0 Å². The van der Waals surface area contributed by atoms with Gasteiger partial charge in [0.25, 0.3) is 0 Å². The Kier molecular flexibility index (Phi) is 4.68. The number of ketones is 1. The van der Waals surface area contributed by atoms with E-state index in [0.717, 1.165) is 31.5 Å². The first-order valence-corrected chi connectivity index (χ1v) is 6.70. The molecule has 1 heterocycles. The highest BCUT2D eigenvalue weighted by atomic mass is 16.5. The molecular formula is C15H20NO3+. The molecule has 1 N–H and O–H groups in total. The van der Waals surface area contributed by atoms with E-state index in [0.29, 0.717) is 6.54 Å². The van der Waals surface area contributed by atoms with Gasteiger partial charge in [-0.2, -0.15) is 0 Å². The molecule has 4 nitrogen and oxygen atoms in total. The van der Waals surface area contributed by atoms with E-state index in [-0.39, 0.29) is 17.7 Å². The third-order valence-corrected chi connectivity index (χ3v) is 3.73. The summed E-state index contributed by atoms with van der Waals surface area (Å²) < 4.78 is 4.76. The molecule has 0 radical (unpaired) electrons. The number of benzene rings is 1. The molecular weight excluding hydrogens is 242 g/mol. The van der Waals surface area contributed by atoms with Gasteiger partial charge in [-0.25, -0.2) is 0 Å². The molecule has 0 aromatic heterocycles. The summed E-state index contributed by atoms with van der Waals surface area (Å²) in [7, 11) is 1.43. The lowest BCUT2D eigenvalue weighted by molar-refractivity contribution is -0.897. The lowest BCUT2D eigenvalue weighted by atomic mass is 9.96. The zero-order chi connectivity index (χ0) is 13.7. The molecule has 0 spiro atoms. The largest absolute Gasteiger partial charge is 0.469 e. The van der Waals surface area contributed by atoms with Crippen LogP contribution in [0.4, 0.5) is 0 Å². The number of quaternary nitrogens is 1. The van der Waals surface area contributed by atoms with Crippen molar-refractivity contribution in [2.45, 2.75) is 12.8 Å². The molecule has 1 fully saturated rings. The van der Waals surface area contributed by atoms with Crippen LogP contribution < -0.4 is 4.90 Å². The lowest BCUT2D eigenvalue weighted by Crippen LogP contribution is -3.14. The summed E-state index contributed by atoms with van der Waals surface area (Å²) in [6.07, 6.45) is 1.62. The van der Waals surface area contributed by atoms with E-state index >= 15 is 0 Å². The number of likely N-dealkylation sites (tertiary alicyclic amines) is 1. The number of methoxy groups -OCH3 is 1. The molecule has 19 heavy (non-hydrogen) atoms. The Morgan fingerprint density at radius 1 is 1.21 bits per heavy atom. The summed E-state index contributed by atoms with van der Waals surface area (Å²) in [6.45, 7) is 2.23. The van der Waals surface area contributed by atoms with Gasteiger partial charge in [0.2, 0.25) is 5.78 Å². The van der Waals surface area contributed by atoms with Crippen LogP contribution in [0.15, 0.2) is 30.3 Å². The van der Waals surface area contributed by atoms with Crippen molar-refractivity contribution >= 4 is 11.8 Å². The molecule has 0 atom stereocenters. The third-order valence-electron chi connectivity index (χ3n) is 3.73. The lowest BCUT2D eigenvalue weighted by Gasteiger charge is -2.27. The fourth-order valence-corrected chi connectivity index (χ4v) is 2.56. The summed E-state index contributed by atoms with van der Waals surface area (Å²) in [5, 5.41) is 0. The van der Waals surface area contributed by atoms with Crippen LogP contribution in [-0.4, -0.2) is 38.5 Å². The first-order chi connectivity index (χ1) is 9.20. The number of rotatable bonds is 4. The van der Waals surface area contributed by atoms with E-state index in [1.165, 1.54) is 12.0 Å². The second-order valence-electron chi connectivity index (χ2n) is 5.01. The number of ether oxygens (including phenoxy) is 1. The Morgan fingerprint density at radius 3 is 2.42 bits per heavy atom. The van der Waals surface area contributed by atoms with Crippen LogP contribution in [0.1, 0.15) is 23.2 Å². The topological polar surface area (TPSA) is 47.8 Å². The number of piperidine rings is 1. The van der Waals surface area contributed by atoms with E-state index in [2.05, 4.69) is 0 Å². The summed E-state index contributed by atoms with van der Waals surface area (Å²) in [4.78, 5) is 24.7. The smallest absolute Gasteiger partial charge is 0.309 e. The first kappa shape index (κ1) is 13.7. The van der Waals surface area contributed by atoms with Gasteiger partial charge < -0.3 is 9.64 Å². The summed E-state index contributed by atoms with van der Waals surface area (Å²) in [5.41, 5.74) is 0.769. The fraction of sp³-hybridized carbons (Fsp3) is 0.467. The van der Waals surface area contributed by atoms with E-state index in [4.69, 9.17) is 4.74 Å². The van der Waals surface area contributed by atoms with Gasteiger partial charge in [0.15, 0.2) is 0 Å². The van der Waals surface area contributed by atoms with E-state index < -0.39 is 0 Å². The Balaban J connectivity index is 1.83. The standard InChI is InChI=1S/C15H19NO3/c1-19-15(18)13-7-9-16(10-8-13)11-14(17)12-5-3-2-4-6-12/h2-6,13H,7-11H2,1H3/p+1. The Labute approximate surface area is 113 Å². The molecule has 1 aromatic carbocycles. The van der Waals surface area contributed by atoms with Crippen molar-refractivity contribution in [2.75, 3.05) is 26.7 Å². The summed E-state index contributed by atoms with van der Waals surface area (Å²) in [6, 6.07) is 9.37. The minimum atomic E-state index is -0.117. The van der Waals surface area contributed by atoms with Crippen molar-refractivity contribution in [3.05, 3.63) is 35.9 Å². The number of nitrogens with one attached hydrogen (secondary N) is 1. The summed E-state index contributed by atoms with van der Waals surface area (Å²) in [5.74, 6) is 0.0705. The number of hydrogen-bond acceptors (Lipinski definition) is 3. The number of carbonyl (C=O) groups is 2. The molecule has 102 valence electrons. The third kappa shape index (κ3) is 3.64. The van der Waals surface area contributed by atoms with Crippen molar-refractivity contribution in [2.24, 2.45) is 5.92 Å². The van der Waals surface area contributed by atoms with Crippen molar-refractivity contribution in [1.29, 1.82) is 0 Å². The van der Waals surface area contributed by atoms with Gasteiger partial charge in [0.1, 0.15) is 6.54 Å². The number of hydrogen-bond donors (Lipinski definition) is 1. The van der Waals surface area contributed by atoms with Gasteiger partial charge in [0.05, 0.1) is 26.1 Å². The zero-order valence-corrected chi connectivity index (χ0v) is 11.2. The zero-order valence-electron chi connectivity index (χ0n) is 11.2. The van der Waals surface area contributed by atoms with Gasteiger partial charge in [-0.15, -0.1) is 0 Å². The molecule has 0 saturated carbocycles. The number of Topliss-reactive ketones (excluding diaryl/α,β-unsaturated/α-hetero) is 1. The quantitative estimate of drug-likeness (QED) is 0.628. The predicted octanol–water partition coefficient (Wildman–Crippen LogP) is 0.337. The maximum absolute atomic E-state index is 12.1. The maximum Gasteiger partial charge on any atom is 0.309 e. The van der Waals surface area contributed by atoms with Crippen molar-refractivity contribution in [3.63, 3.8) is 0 Å². The van der Waals surface area contributed by atoms with E-state index in [1.807, 2.05) is 30.3 Å². The normalized spacial score (nSPS) is 22.8. The van der Waals surface area contributed by atoms with Crippen LogP contribution in [0.5, 0.6) is 0 Å². The molecule has 2 rings (SSSR count). The molecule has 1 aromatic rings. The second-order valence-corrected chi connectivity index (χ2v) is 5.01. The molecule has 0 unspecified atom stereocenters. The van der Waals surface area contributed by atoms with Gasteiger partial charge in [-0.05, 0) is 0 Å². The van der Waals surface area contributed by atoms with Gasteiger partial charge in [-0.3, -0.25) is 9.59 Å². The monoisotopic (exact) mass is 262 g/mol. The van der Waals surface area contributed by atoms with Crippen LogP contribution in [-0.2, 0) is 9.53 Å². The number of esters is 1. The molecule has 1 aliphatic heterocycles. The first-order valence-electron chi connectivity index (χ1n) is 6.70. The Hall–Kier alpha value is -1.68. The Morgan fingerprint density at radius 2 is 1.84 bits per heavy atom. The molecule has 0 amide bonds. The van der Waals surface area contributed by atoms with E-state index in [1.54, 1.807) is 0 Å². The predicted molar refractivity (Wildman–Crippen MR) is 71.1 cm³/mol. The molecule has 1 aliphatic rings. The van der Waals surface area contributed by atoms with Crippen LogP contribution >= 0.6 is 0 Å². The maximum atomic E-state index is 12.1. The van der Waals surface area contributed by atoms with Crippen LogP contribution in [0, 0.1) is 5.92 Å². The minimum Gasteiger partial charge on any atom is -0.469 e. The minimum absolute atomic E-state index is 0.0144. The van der Waals surface area contributed by atoms with Crippen LogP contribution in [0.3, 0.4) is 0 Å². The summed E-state index contributed by atoms with van der Waals surface area (Å²) >= 11 is 0. The average Bonchev–Trinajstić information content (AvgIpc) is 2.48. The highest BCUT2D eigenvalue weighted by molar-refractivity contribution is 5.96.